The van der Waals surface area contributed by atoms with Gasteiger partial charge >= 0.3 is 0 Å². The lowest BCUT2D eigenvalue weighted by atomic mass is 10.0. The molecule has 17 heavy (non-hydrogen) atoms. The number of likely N-dealkylation sites (N-methyl/N-ethyl adjacent to an activating group) is 1. The first-order valence-electron chi connectivity index (χ1n) is 5.83. The maximum Gasteiger partial charge on any atom is 0.129 e. The van der Waals surface area contributed by atoms with Gasteiger partial charge in [0.2, 0.25) is 0 Å². The summed E-state index contributed by atoms with van der Waals surface area (Å²) in [5, 5.41) is 3.14. The van der Waals surface area contributed by atoms with Crippen LogP contribution in [0.3, 0.4) is 0 Å². The van der Waals surface area contributed by atoms with E-state index >= 15 is 0 Å². The molecule has 1 aromatic carbocycles. The van der Waals surface area contributed by atoms with Crippen molar-refractivity contribution in [2.45, 2.75) is 26.3 Å². The summed E-state index contributed by atoms with van der Waals surface area (Å²) in [6, 6.07) is 3.38. The second kappa shape index (κ2) is 6.55. The van der Waals surface area contributed by atoms with Crippen molar-refractivity contribution in [1.29, 1.82) is 0 Å². The highest BCUT2D eigenvalue weighted by molar-refractivity contribution is 5.23. The molecule has 0 saturated carbocycles. The van der Waals surface area contributed by atoms with Crippen LogP contribution in [0.15, 0.2) is 18.2 Å². The van der Waals surface area contributed by atoms with Crippen LogP contribution in [0.2, 0.25) is 0 Å². The fourth-order valence-corrected chi connectivity index (χ4v) is 1.61. The Hall–Kier alpha value is -1.16. The van der Waals surface area contributed by atoms with Gasteiger partial charge in [0.25, 0.3) is 0 Å². The van der Waals surface area contributed by atoms with E-state index < -0.39 is 11.6 Å². The van der Waals surface area contributed by atoms with E-state index in [2.05, 4.69) is 19.2 Å². The number of rotatable bonds is 6. The third-order valence-corrected chi connectivity index (χ3v) is 2.97. The summed E-state index contributed by atoms with van der Waals surface area (Å²) in [4.78, 5) is 0. The van der Waals surface area contributed by atoms with Crippen LogP contribution in [0, 0.1) is 17.6 Å². The van der Waals surface area contributed by atoms with Gasteiger partial charge in [-0.15, -0.1) is 0 Å². The van der Waals surface area contributed by atoms with Gasteiger partial charge in [0, 0.05) is 24.2 Å². The van der Waals surface area contributed by atoms with E-state index in [4.69, 9.17) is 4.74 Å². The number of ether oxygens (including phenoxy) is 1. The maximum atomic E-state index is 12.9. The maximum absolute atomic E-state index is 12.9. The third kappa shape index (κ3) is 4.30. The molecule has 2 unspecified atom stereocenters. The smallest absolute Gasteiger partial charge is 0.129 e. The van der Waals surface area contributed by atoms with Gasteiger partial charge in [0.1, 0.15) is 24.0 Å². The van der Waals surface area contributed by atoms with Crippen LogP contribution in [-0.2, 0) is 0 Å². The molecule has 0 saturated heterocycles. The second-order valence-electron chi connectivity index (χ2n) is 4.20. The molecule has 1 aromatic rings. The van der Waals surface area contributed by atoms with E-state index in [0.29, 0.717) is 12.5 Å². The van der Waals surface area contributed by atoms with Crippen molar-refractivity contribution in [1.82, 2.24) is 5.32 Å². The minimum absolute atomic E-state index is 0.173. The number of nitrogens with one attached hydrogen (secondary N) is 1. The number of hydrogen-bond donors (Lipinski definition) is 1. The Morgan fingerprint density at radius 2 is 1.82 bits per heavy atom. The van der Waals surface area contributed by atoms with Crippen molar-refractivity contribution in [2.75, 3.05) is 13.7 Å². The molecule has 2 atom stereocenters. The lowest BCUT2D eigenvalue weighted by molar-refractivity contribution is 0.226. The van der Waals surface area contributed by atoms with Crippen molar-refractivity contribution in [3.05, 3.63) is 29.8 Å². The Kier molecular flexibility index (Phi) is 5.35. The Bertz CT molecular complexity index is 337. The molecule has 0 aliphatic carbocycles. The molecule has 0 amide bonds. The van der Waals surface area contributed by atoms with Crippen molar-refractivity contribution in [2.24, 2.45) is 5.92 Å². The molecule has 2 nitrogen and oxygen atoms in total. The topological polar surface area (TPSA) is 21.3 Å². The molecule has 1 N–H and O–H groups in total. The number of hydrogen-bond acceptors (Lipinski definition) is 2. The molecule has 0 aromatic heterocycles. The summed E-state index contributed by atoms with van der Waals surface area (Å²) in [6.45, 7) is 4.60. The molecule has 0 aliphatic rings. The van der Waals surface area contributed by atoms with Crippen LogP contribution in [0.5, 0.6) is 5.75 Å². The lowest BCUT2D eigenvalue weighted by Crippen LogP contribution is -2.37. The minimum Gasteiger partial charge on any atom is -0.492 e. The number of benzene rings is 1. The van der Waals surface area contributed by atoms with Crippen LogP contribution in [0.1, 0.15) is 20.3 Å². The zero-order valence-corrected chi connectivity index (χ0v) is 10.5. The van der Waals surface area contributed by atoms with Gasteiger partial charge in [-0.1, -0.05) is 20.3 Å². The largest absolute Gasteiger partial charge is 0.492 e. The zero-order chi connectivity index (χ0) is 12.8. The summed E-state index contributed by atoms with van der Waals surface area (Å²) >= 11 is 0. The summed E-state index contributed by atoms with van der Waals surface area (Å²) in [5.41, 5.74) is 0. The highest BCUT2D eigenvalue weighted by Gasteiger charge is 2.14. The van der Waals surface area contributed by atoms with E-state index in [-0.39, 0.29) is 11.8 Å². The second-order valence-corrected chi connectivity index (χ2v) is 4.20. The monoisotopic (exact) mass is 243 g/mol. The Labute approximate surface area is 101 Å². The van der Waals surface area contributed by atoms with E-state index in [0.717, 1.165) is 12.5 Å². The predicted molar refractivity (Wildman–Crippen MR) is 64.2 cm³/mol. The van der Waals surface area contributed by atoms with Gasteiger partial charge in [-0.05, 0) is 13.0 Å². The van der Waals surface area contributed by atoms with Gasteiger partial charge in [0.15, 0.2) is 0 Å². The van der Waals surface area contributed by atoms with Crippen molar-refractivity contribution >= 4 is 0 Å². The Morgan fingerprint density at radius 3 is 2.29 bits per heavy atom. The van der Waals surface area contributed by atoms with Crippen LogP contribution in [0.25, 0.3) is 0 Å². The van der Waals surface area contributed by atoms with Crippen molar-refractivity contribution < 1.29 is 13.5 Å². The standard InChI is InChI=1S/C13H19F2NO/c1-4-9(2)13(16-3)8-17-12-6-10(14)5-11(15)7-12/h5-7,9,13,16H,4,8H2,1-3H3. The summed E-state index contributed by atoms with van der Waals surface area (Å²) in [7, 11) is 1.85. The molecule has 0 bridgehead atoms. The van der Waals surface area contributed by atoms with Crippen LogP contribution in [-0.4, -0.2) is 19.7 Å². The quantitative estimate of drug-likeness (QED) is 0.829. The molecule has 4 heteroatoms. The SMILES string of the molecule is CCC(C)C(COc1cc(F)cc(F)c1)NC. The molecule has 0 fully saturated rings. The molecule has 0 aliphatic heterocycles. The molecular formula is C13H19F2NO. The van der Waals surface area contributed by atoms with Gasteiger partial charge in [-0.2, -0.15) is 0 Å². The van der Waals surface area contributed by atoms with E-state index in [1.54, 1.807) is 0 Å². The molecule has 0 spiro atoms. The van der Waals surface area contributed by atoms with Crippen LogP contribution < -0.4 is 10.1 Å². The fourth-order valence-electron chi connectivity index (χ4n) is 1.61. The first-order chi connectivity index (χ1) is 8.06. The Balaban J connectivity index is 2.59. The van der Waals surface area contributed by atoms with E-state index in [9.17, 15) is 8.78 Å². The first-order valence-corrected chi connectivity index (χ1v) is 5.83. The summed E-state index contributed by atoms with van der Waals surface area (Å²) < 4.78 is 31.2. The normalized spacial score (nSPS) is 14.4. The van der Waals surface area contributed by atoms with Crippen LogP contribution in [0.4, 0.5) is 8.78 Å². The van der Waals surface area contributed by atoms with Gasteiger partial charge in [-0.3, -0.25) is 0 Å². The average Bonchev–Trinajstić information content (AvgIpc) is 2.28. The molecule has 96 valence electrons. The van der Waals surface area contributed by atoms with E-state index in [1.807, 2.05) is 7.05 Å². The molecular weight excluding hydrogens is 224 g/mol. The third-order valence-electron chi connectivity index (χ3n) is 2.97. The zero-order valence-electron chi connectivity index (χ0n) is 10.5. The summed E-state index contributed by atoms with van der Waals surface area (Å²) in [6.07, 6.45) is 1.02. The summed E-state index contributed by atoms with van der Waals surface area (Å²) in [5.74, 6) is -0.571. The van der Waals surface area contributed by atoms with Crippen molar-refractivity contribution in [3.63, 3.8) is 0 Å². The Morgan fingerprint density at radius 1 is 1.24 bits per heavy atom. The van der Waals surface area contributed by atoms with Gasteiger partial charge < -0.3 is 10.1 Å². The lowest BCUT2D eigenvalue weighted by Gasteiger charge is -2.22. The molecule has 0 radical (unpaired) electrons. The van der Waals surface area contributed by atoms with Gasteiger partial charge in [0.05, 0.1) is 0 Å². The minimum atomic E-state index is -0.621. The highest BCUT2D eigenvalue weighted by Crippen LogP contribution is 2.16. The van der Waals surface area contributed by atoms with Gasteiger partial charge in [-0.25, -0.2) is 8.78 Å². The molecule has 0 heterocycles. The van der Waals surface area contributed by atoms with E-state index in [1.165, 1.54) is 12.1 Å². The predicted octanol–water partition coefficient (Wildman–Crippen LogP) is 2.98. The fraction of sp³-hybridized carbons (Fsp3) is 0.538. The van der Waals surface area contributed by atoms with Crippen molar-refractivity contribution in [3.8, 4) is 5.75 Å². The highest BCUT2D eigenvalue weighted by atomic mass is 19.1. The average molecular weight is 243 g/mol. The van der Waals surface area contributed by atoms with Crippen LogP contribution >= 0.6 is 0 Å². The molecule has 1 rings (SSSR count). The first kappa shape index (κ1) is 13.9. The number of halogens is 2.